The number of hydrogen-bond acceptors (Lipinski definition) is 7. The summed E-state index contributed by atoms with van der Waals surface area (Å²) in [6.45, 7) is 3.35. The van der Waals surface area contributed by atoms with Gasteiger partial charge in [0, 0.05) is 48.6 Å². The summed E-state index contributed by atoms with van der Waals surface area (Å²) in [6.07, 6.45) is 4.48. The van der Waals surface area contributed by atoms with Crippen LogP contribution in [0.5, 0.6) is 11.5 Å². The highest BCUT2D eigenvalue weighted by atomic mass is 32.2. The molecule has 1 unspecified atom stereocenters. The van der Waals surface area contributed by atoms with Crippen molar-refractivity contribution in [2.45, 2.75) is 47.6 Å². The van der Waals surface area contributed by atoms with Crippen LogP contribution in [0, 0.1) is 0 Å². The molecule has 0 radical (unpaired) electrons. The van der Waals surface area contributed by atoms with Crippen molar-refractivity contribution in [2.24, 2.45) is 0 Å². The lowest BCUT2D eigenvalue weighted by molar-refractivity contribution is 0.0978. The first-order valence-electron chi connectivity index (χ1n) is 11.6. The molecule has 0 amide bonds. The number of hydrogen-bond donors (Lipinski definition) is 0. The van der Waals surface area contributed by atoms with Crippen LogP contribution in [0.2, 0.25) is 0 Å². The Morgan fingerprint density at radius 2 is 1.50 bits per heavy atom. The van der Waals surface area contributed by atoms with Gasteiger partial charge < -0.3 is 9.47 Å². The molecular weight excluding hydrogens is 484 g/mol. The first-order valence-corrected chi connectivity index (χ1v) is 14.4. The fourth-order valence-electron chi connectivity index (χ4n) is 4.14. The van der Waals surface area contributed by atoms with E-state index in [9.17, 15) is 9.59 Å². The van der Waals surface area contributed by atoms with E-state index < -0.39 is 0 Å². The van der Waals surface area contributed by atoms with Crippen molar-refractivity contribution in [2.75, 3.05) is 19.0 Å². The van der Waals surface area contributed by atoms with E-state index in [1.165, 1.54) is 22.6 Å². The molecule has 0 saturated carbocycles. The molecule has 2 aliphatic rings. The van der Waals surface area contributed by atoms with Gasteiger partial charge >= 0.3 is 0 Å². The summed E-state index contributed by atoms with van der Waals surface area (Å²) >= 11 is 5.44. The molecule has 1 aliphatic carbocycles. The molecule has 34 heavy (non-hydrogen) atoms. The van der Waals surface area contributed by atoms with Crippen molar-refractivity contribution >= 4 is 46.4 Å². The van der Waals surface area contributed by atoms with E-state index in [1.54, 1.807) is 47.7 Å². The maximum absolute atomic E-state index is 13.2. The third-order valence-corrected chi connectivity index (χ3v) is 9.80. The average Bonchev–Trinajstić information content (AvgIpc) is 3.34. The Kier molecular flexibility index (Phi) is 7.32. The normalized spacial score (nSPS) is 16.6. The molecule has 5 rings (SSSR count). The second-order valence-electron chi connectivity index (χ2n) is 8.44. The highest BCUT2D eigenvalue weighted by molar-refractivity contribution is 8.06. The second kappa shape index (κ2) is 10.6. The Balaban J connectivity index is 1.26. The van der Waals surface area contributed by atoms with Crippen molar-refractivity contribution in [3.05, 3.63) is 69.4 Å². The first kappa shape index (κ1) is 23.5. The molecule has 2 aromatic carbocycles. The number of unbranched alkanes of at least 4 members (excludes halogenated alkanes) is 3. The van der Waals surface area contributed by atoms with Crippen molar-refractivity contribution in [1.82, 2.24) is 0 Å². The quantitative estimate of drug-likeness (QED) is 0.223. The monoisotopic (exact) mass is 510 g/mol. The number of ketones is 2. The fourth-order valence-corrected chi connectivity index (χ4v) is 7.82. The molecule has 0 fully saturated rings. The van der Waals surface area contributed by atoms with Gasteiger partial charge in [0.25, 0.3) is 0 Å². The lowest BCUT2D eigenvalue weighted by atomic mass is 9.84. The molecule has 1 aromatic heterocycles. The zero-order chi connectivity index (χ0) is 23.5. The standard InChI is InChI=1S/C27H26O4S3/c1-2-3-4-5-10-30-17-6-8-20-22(11-17)26(28)21-9-7-18(12-23(21)27(20)29)31-13-19-14-33-24-15-32-16-25(24)34-19/h6-9,11-12,15-16,19H,2-5,10,13-14H2,1H3. The van der Waals surface area contributed by atoms with E-state index in [-0.39, 0.29) is 11.6 Å². The zero-order valence-electron chi connectivity index (χ0n) is 19.0. The van der Waals surface area contributed by atoms with Gasteiger partial charge in [0.05, 0.1) is 11.9 Å². The molecule has 1 atom stereocenters. The number of carbonyl (C=O) groups excluding carboxylic acids is 2. The van der Waals surface area contributed by atoms with Crippen LogP contribution in [0.25, 0.3) is 0 Å². The number of carbonyl (C=O) groups is 2. The Morgan fingerprint density at radius 3 is 2.21 bits per heavy atom. The molecule has 0 spiro atoms. The molecule has 0 bridgehead atoms. The summed E-state index contributed by atoms with van der Waals surface area (Å²) in [5.74, 6) is 1.97. The Morgan fingerprint density at radius 1 is 0.824 bits per heavy atom. The number of benzene rings is 2. The van der Waals surface area contributed by atoms with Crippen LogP contribution in [-0.4, -0.2) is 35.8 Å². The maximum Gasteiger partial charge on any atom is 0.194 e. The van der Waals surface area contributed by atoms with Crippen LogP contribution in [0.1, 0.15) is 64.4 Å². The second-order valence-corrected chi connectivity index (χ2v) is 11.6. The van der Waals surface area contributed by atoms with Crippen LogP contribution in [0.15, 0.2) is 56.9 Å². The lowest BCUT2D eigenvalue weighted by Gasteiger charge is -2.22. The van der Waals surface area contributed by atoms with Crippen LogP contribution in [0.4, 0.5) is 0 Å². The summed E-state index contributed by atoms with van der Waals surface area (Å²) < 4.78 is 11.9. The average molecular weight is 511 g/mol. The van der Waals surface area contributed by atoms with E-state index in [0.717, 1.165) is 18.6 Å². The van der Waals surface area contributed by atoms with Crippen LogP contribution >= 0.6 is 34.9 Å². The number of thiophene rings is 1. The summed E-state index contributed by atoms with van der Waals surface area (Å²) in [4.78, 5) is 29.1. The van der Waals surface area contributed by atoms with Gasteiger partial charge in [0.2, 0.25) is 0 Å². The van der Waals surface area contributed by atoms with Crippen LogP contribution in [0.3, 0.4) is 0 Å². The third-order valence-electron chi connectivity index (χ3n) is 5.97. The van der Waals surface area contributed by atoms with Crippen molar-refractivity contribution in [1.29, 1.82) is 0 Å². The Bertz CT molecular complexity index is 1220. The number of thioether (sulfide) groups is 2. The van der Waals surface area contributed by atoms with Gasteiger partial charge in [-0.2, -0.15) is 11.3 Å². The third kappa shape index (κ3) is 4.92. The molecule has 2 heterocycles. The largest absolute Gasteiger partial charge is 0.494 e. The topological polar surface area (TPSA) is 52.6 Å². The van der Waals surface area contributed by atoms with Gasteiger partial charge in [-0.1, -0.05) is 26.2 Å². The smallest absolute Gasteiger partial charge is 0.194 e. The highest BCUT2D eigenvalue weighted by Crippen LogP contribution is 2.43. The van der Waals surface area contributed by atoms with Crippen LogP contribution < -0.4 is 9.47 Å². The fraction of sp³-hybridized carbons (Fsp3) is 0.333. The number of ether oxygens (including phenoxy) is 2. The summed E-state index contributed by atoms with van der Waals surface area (Å²) in [5, 5.41) is 4.72. The minimum absolute atomic E-state index is 0.142. The molecule has 176 valence electrons. The Hall–Kier alpha value is -2.22. The van der Waals surface area contributed by atoms with Gasteiger partial charge in [-0.15, -0.1) is 23.5 Å². The van der Waals surface area contributed by atoms with E-state index in [4.69, 9.17) is 9.47 Å². The predicted octanol–water partition coefficient (Wildman–Crippen LogP) is 7.13. The van der Waals surface area contributed by atoms with E-state index in [1.807, 2.05) is 23.5 Å². The van der Waals surface area contributed by atoms with Gasteiger partial charge in [0.1, 0.15) is 18.1 Å². The minimum Gasteiger partial charge on any atom is -0.494 e. The minimum atomic E-state index is -0.143. The van der Waals surface area contributed by atoms with Crippen molar-refractivity contribution in [3.63, 3.8) is 0 Å². The van der Waals surface area contributed by atoms with Crippen molar-refractivity contribution in [3.8, 4) is 11.5 Å². The van der Waals surface area contributed by atoms with Crippen LogP contribution in [-0.2, 0) is 0 Å². The summed E-state index contributed by atoms with van der Waals surface area (Å²) in [6, 6.07) is 10.4. The first-order chi connectivity index (χ1) is 16.6. The number of fused-ring (bicyclic) bond motifs is 3. The number of rotatable bonds is 9. The van der Waals surface area contributed by atoms with Gasteiger partial charge in [-0.3, -0.25) is 9.59 Å². The van der Waals surface area contributed by atoms with Gasteiger partial charge in [-0.05, 0) is 42.8 Å². The summed E-state index contributed by atoms with van der Waals surface area (Å²) in [7, 11) is 0. The van der Waals surface area contributed by atoms with E-state index in [2.05, 4.69) is 17.7 Å². The zero-order valence-corrected chi connectivity index (χ0v) is 21.5. The molecule has 0 saturated heterocycles. The predicted molar refractivity (Wildman–Crippen MR) is 140 cm³/mol. The van der Waals surface area contributed by atoms with Gasteiger partial charge in [-0.25, -0.2) is 0 Å². The summed E-state index contributed by atoms with van der Waals surface area (Å²) in [5.41, 5.74) is 1.68. The maximum atomic E-state index is 13.2. The van der Waals surface area contributed by atoms with E-state index >= 15 is 0 Å². The molecular formula is C27H26O4S3. The molecule has 7 heteroatoms. The Labute approximate surface area is 212 Å². The van der Waals surface area contributed by atoms with Crippen molar-refractivity contribution < 1.29 is 19.1 Å². The SMILES string of the molecule is CCCCCCOc1ccc2c(c1)C(=O)c1ccc(OCC3CSc4cscc4S3)cc1C2=O. The lowest BCUT2D eigenvalue weighted by Crippen LogP contribution is -2.22. The molecule has 1 aliphatic heterocycles. The molecule has 0 N–H and O–H groups in total. The molecule has 4 nitrogen and oxygen atoms in total. The van der Waals surface area contributed by atoms with Gasteiger partial charge in [0.15, 0.2) is 11.6 Å². The molecule has 3 aromatic rings. The highest BCUT2D eigenvalue weighted by Gasteiger charge is 2.30. The van der Waals surface area contributed by atoms with E-state index in [0.29, 0.717) is 52.2 Å².